The minimum Gasteiger partial charge on any atom is -0.444 e. The average molecular weight is 419 g/mol. The molecule has 0 aromatic carbocycles. The fourth-order valence-electron chi connectivity index (χ4n) is 4.19. The highest BCUT2D eigenvalue weighted by atomic mass is 19.4. The van der Waals surface area contributed by atoms with Gasteiger partial charge in [-0.2, -0.15) is 13.2 Å². The minimum absolute atomic E-state index is 0.0630. The lowest BCUT2D eigenvalue weighted by atomic mass is 10.0. The fourth-order valence-corrected chi connectivity index (χ4v) is 4.19. The van der Waals surface area contributed by atoms with Gasteiger partial charge in [-0.3, -0.25) is 14.5 Å². The first-order valence-electron chi connectivity index (χ1n) is 9.94. The lowest BCUT2D eigenvalue weighted by molar-refractivity contribution is -0.193. The number of halogens is 3. The molecule has 3 fully saturated rings. The number of hydrogen-bond acceptors (Lipinski definition) is 4. The van der Waals surface area contributed by atoms with Crippen LogP contribution in [0.1, 0.15) is 53.4 Å². The number of rotatable bonds is 1. The van der Waals surface area contributed by atoms with Crippen LogP contribution in [-0.4, -0.2) is 81.6 Å². The van der Waals surface area contributed by atoms with Crippen LogP contribution in [0.15, 0.2) is 0 Å². The van der Waals surface area contributed by atoms with E-state index in [1.807, 2.05) is 0 Å². The Kier molecular flexibility index (Phi) is 5.28. The molecule has 7 nitrogen and oxygen atoms in total. The molecule has 2 aliphatic heterocycles. The molecule has 0 bridgehead atoms. The van der Waals surface area contributed by atoms with E-state index in [4.69, 9.17) is 4.74 Å². The number of piperazine rings is 1. The minimum atomic E-state index is -4.93. The number of ether oxygens (including phenoxy) is 1. The summed E-state index contributed by atoms with van der Waals surface area (Å²) in [6.45, 7) is 7.17. The SMILES string of the molecule is C[C@@H]1CN(C(=O)C(F)(F)F)C2(CC2)CN1C(=O)[C@@H]1CCCN1C(=O)OC(C)(C)C. The van der Waals surface area contributed by atoms with Crippen LogP contribution in [0.25, 0.3) is 0 Å². The van der Waals surface area contributed by atoms with Crippen molar-refractivity contribution in [1.29, 1.82) is 0 Å². The molecule has 0 unspecified atom stereocenters. The Hall–Kier alpha value is -2.00. The Morgan fingerprint density at radius 2 is 1.69 bits per heavy atom. The fraction of sp³-hybridized carbons (Fsp3) is 0.842. The topological polar surface area (TPSA) is 70.2 Å². The van der Waals surface area contributed by atoms with Crippen molar-refractivity contribution in [3.05, 3.63) is 0 Å². The summed E-state index contributed by atoms with van der Waals surface area (Å²) >= 11 is 0. The lowest BCUT2D eigenvalue weighted by Gasteiger charge is -2.47. The summed E-state index contributed by atoms with van der Waals surface area (Å²) < 4.78 is 44.3. The third kappa shape index (κ3) is 4.30. The highest BCUT2D eigenvalue weighted by Gasteiger charge is 2.60. The molecule has 0 aromatic rings. The lowest BCUT2D eigenvalue weighted by Crippen LogP contribution is -2.65. The van der Waals surface area contributed by atoms with E-state index in [9.17, 15) is 27.6 Å². The van der Waals surface area contributed by atoms with Crippen molar-refractivity contribution in [2.24, 2.45) is 0 Å². The van der Waals surface area contributed by atoms with Gasteiger partial charge in [-0.1, -0.05) is 0 Å². The smallest absolute Gasteiger partial charge is 0.444 e. The second kappa shape index (κ2) is 7.05. The third-order valence-electron chi connectivity index (χ3n) is 5.78. The highest BCUT2D eigenvalue weighted by Crippen LogP contribution is 2.47. The number of likely N-dealkylation sites (tertiary alicyclic amines) is 1. The molecule has 3 aliphatic rings. The first kappa shape index (κ1) is 21.7. The Balaban J connectivity index is 1.73. The molecule has 1 saturated carbocycles. The molecule has 3 rings (SSSR count). The molecule has 3 amide bonds. The Morgan fingerprint density at radius 1 is 1.07 bits per heavy atom. The first-order valence-corrected chi connectivity index (χ1v) is 9.94. The zero-order valence-corrected chi connectivity index (χ0v) is 17.2. The van der Waals surface area contributed by atoms with Gasteiger partial charge in [-0.05, 0) is 53.4 Å². The predicted octanol–water partition coefficient (Wildman–Crippen LogP) is 2.54. The summed E-state index contributed by atoms with van der Waals surface area (Å²) in [5, 5.41) is 0. The van der Waals surface area contributed by atoms with E-state index in [0.29, 0.717) is 32.2 Å². The van der Waals surface area contributed by atoms with Gasteiger partial charge in [0.2, 0.25) is 5.91 Å². The molecule has 10 heteroatoms. The Bertz CT molecular complexity index is 700. The maximum absolute atomic E-state index is 13.2. The van der Waals surface area contributed by atoms with E-state index in [-0.39, 0.29) is 19.0 Å². The van der Waals surface area contributed by atoms with Crippen LogP contribution >= 0.6 is 0 Å². The van der Waals surface area contributed by atoms with Crippen molar-refractivity contribution in [3.63, 3.8) is 0 Å². The molecule has 1 aliphatic carbocycles. The number of amides is 3. The summed E-state index contributed by atoms with van der Waals surface area (Å²) in [7, 11) is 0. The van der Waals surface area contributed by atoms with Crippen LogP contribution in [0, 0.1) is 0 Å². The number of hydrogen-bond donors (Lipinski definition) is 0. The summed E-state index contributed by atoms with van der Waals surface area (Å²) in [6, 6.07) is -1.26. The van der Waals surface area contributed by atoms with Gasteiger partial charge in [0, 0.05) is 25.7 Å². The van der Waals surface area contributed by atoms with Crippen molar-refractivity contribution in [2.45, 2.75) is 82.8 Å². The van der Waals surface area contributed by atoms with Crippen LogP contribution in [-0.2, 0) is 14.3 Å². The molecule has 0 N–H and O–H groups in total. The van der Waals surface area contributed by atoms with E-state index in [1.165, 1.54) is 4.90 Å². The first-order chi connectivity index (χ1) is 13.3. The largest absolute Gasteiger partial charge is 0.471 e. The van der Waals surface area contributed by atoms with Crippen LogP contribution in [0.5, 0.6) is 0 Å². The van der Waals surface area contributed by atoms with E-state index < -0.39 is 41.4 Å². The second-order valence-electron chi connectivity index (χ2n) is 9.28. The second-order valence-corrected chi connectivity index (χ2v) is 9.28. The molecule has 29 heavy (non-hydrogen) atoms. The van der Waals surface area contributed by atoms with Crippen molar-refractivity contribution >= 4 is 17.9 Å². The molecule has 2 saturated heterocycles. The van der Waals surface area contributed by atoms with Crippen molar-refractivity contribution in [3.8, 4) is 0 Å². The molecule has 1 spiro atoms. The van der Waals surface area contributed by atoms with Gasteiger partial charge in [0.25, 0.3) is 0 Å². The monoisotopic (exact) mass is 419 g/mol. The van der Waals surface area contributed by atoms with Crippen molar-refractivity contribution < 1.29 is 32.3 Å². The van der Waals surface area contributed by atoms with Gasteiger partial charge in [-0.15, -0.1) is 0 Å². The number of nitrogens with zero attached hydrogens (tertiary/aromatic N) is 3. The zero-order valence-electron chi connectivity index (χ0n) is 17.2. The molecule has 2 atom stereocenters. The molecule has 164 valence electrons. The van der Waals surface area contributed by atoms with Crippen molar-refractivity contribution in [2.75, 3.05) is 19.6 Å². The Labute approximate surface area is 168 Å². The van der Waals surface area contributed by atoms with E-state index >= 15 is 0 Å². The van der Waals surface area contributed by atoms with Crippen LogP contribution < -0.4 is 0 Å². The average Bonchev–Trinajstić information content (AvgIpc) is 3.16. The normalized spacial score (nSPS) is 26.7. The van der Waals surface area contributed by atoms with Gasteiger partial charge in [0.15, 0.2) is 0 Å². The number of carbonyl (C=O) groups is 3. The Morgan fingerprint density at radius 3 is 2.21 bits per heavy atom. The standard InChI is InChI=1S/C19H28F3N3O4/c1-12-10-25(15(27)19(20,21)22)18(7-8-18)11-24(12)14(26)13-6-5-9-23(13)16(28)29-17(2,3)4/h12-13H,5-11H2,1-4H3/t12-,13+/m1/s1. The van der Waals surface area contributed by atoms with Crippen LogP contribution in [0.3, 0.4) is 0 Å². The number of alkyl halides is 3. The van der Waals surface area contributed by atoms with Crippen LogP contribution in [0.4, 0.5) is 18.0 Å². The zero-order chi connectivity index (χ0) is 21.8. The van der Waals surface area contributed by atoms with E-state index in [0.717, 1.165) is 4.90 Å². The van der Waals surface area contributed by atoms with Gasteiger partial charge in [0.1, 0.15) is 11.6 Å². The molecular formula is C19H28F3N3O4. The quantitative estimate of drug-likeness (QED) is 0.655. The molecule has 2 heterocycles. The summed E-state index contributed by atoms with van der Waals surface area (Å²) in [4.78, 5) is 41.4. The predicted molar refractivity (Wildman–Crippen MR) is 96.9 cm³/mol. The summed E-state index contributed by atoms with van der Waals surface area (Å²) in [5.41, 5.74) is -1.63. The van der Waals surface area contributed by atoms with Gasteiger partial charge >= 0.3 is 18.2 Å². The third-order valence-corrected chi connectivity index (χ3v) is 5.78. The van der Waals surface area contributed by atoms with Crippen molar-refractivity contribution in [1.82, 2.24) is 14.7 Å². The number of carbonyl (C=O) groups excluding carboxylic acids is 3. The summed E-state index contributed by atoms with van der Waals surface area (Å²) in [5.74, 6) is -2.13. The molecule has 0 aromatic heterocycles. The summed E-state index contributed by atoms with van der Waals surface area (Å²) in [6.07, 6.45) is -3.48. The maximum Gasteiger partial charge on any atom is 0.471 e. The van der Waals surface area contributed by atoms with E-state index in [2.05, 4.69) is 0 Å². The maximum atomic E-state index is 13.2. The molecule has 0 radical (unpaired) electrons. The highest BCUT2D eigenvalue weighted by molar-refractivity contribution is 5.88. The van der Waals surface area contributed by atoms with Crippen LogP contribution in [0.2, 0.25) is 0 Å². The van der Waals surface area contributed by atoms with Gasteiger partial charge < -0.3 is 14.5 Å². The molecular weight excluding hydrogens is 391 g/mol. The van der Waals surface area contributed by atoms with E-state index in [1.54, 1.807) is 32.6 Å². The van der Waals surface area contributed by atoms with Gasteiger partial charge in [0.05, 0.1) is 5.54 Å². The van der Waals surface area contributed by atoms with Gasteiger partial charge in [-0.25, -0.2) is 4.79 Å².